The summed E-state index contributed by atoms with van der Waals surface area (Å²) in [6, 6.07) is 4.73. The maximum atomic E-state index is 13.4. The summed E-state index contributed by atoms with van der Waals surface area (Å²) in [5, 5.41) is 8.86. The van der Waals surface area contributed by atoms with Crippen LogP contribution in [0, 0.1) is 17.1 Å². The third kappa shape index (κ3) is 1.66. The van der Waals surface area contributed by atoms with Crippen LogP contribution < -0.4 is 0 Å². The van der Waals surface area contributed by atoms with Gasteiger partial charge < -0.3 is 0 Å². The molecule has 0 unspecified atom stereocenters. The van der Waals surface area contributed by atoms with Gasteiger partial charge in [0.25, 0.3) is 0 Å². The van der Waals surface area contributed by atoms with Gasteiger partial charge in [-0.1, -0.05) is 0 Å². The predicted octanol–water partition coefficient (Wildman–Crippen LogP) is 2.23. The van der Waals surface area contributed by atoms with E-state index in [0.29, 0.717) is 29.5 Å². The summed E-state index contributed by atoms with van der Waals surface area (Å²) in [6.07, 6.45) is 3.60. The van der Waals surface area contributed by atoms with Gasteiger partial charge in [-0.3, -0.25) is 4.79 Å². The first-order chi connectivity index (χ1) is 7.22. The Morgan fingerprint density at radius 1 is 1.27 bits per heavy atom. The minimum absolute atomic E-state index is 0.0329. The van der Waals surface area contributed by atoms with E-state index >= 15 is 0 Å². The summed E-state index contributed by atoms with van der Waals surface area (Å²) < 4.78 is 13.4. The van der Waals surface area contributed by atoms with E-state index in [2.05, 4.69) is 0 Å². The van der Waals surface area contributed by atoms with Gasteiger partial charge in [-0.2, -0.15) is 5.26 Å². The Kier molecular flexibility index (Phi) is 2.34. The van der Waals surface area contributed by atoms with Crippen LogP contribution in [0.1, 0.15) is 23.1 Å². The van der Waals surface area contributed by atoms with Crippen LogP contribution in [0.25, 0.3) is 6.08 Å². The minimum Gasteiger partial charge on any atom is -0.295 e. The molecule has 0 spiro atoms. The molecule has 1 aromatic carbocycles. The second-order valence-corrected chi connectivity index (χ2v) is 3.40. The number of carbonyl (C=O) groups is 1. The fourth-order valence-corrected chi connectivity index (χ4v) is 1.70. The van der Waals surface area contributed by atoms with Crippen molar-refractivity contribution in [2.24, 2.45) is 0 Å². The van der Waals surface area contributed by atoms with E-state index in [1.54, 1.807) is 0 Å². The molecule has 0 saturated carbocycles. The van der Waals surface area contributed by atoms with Gasteiger partial charge >= 0.3 is 0 Å². The number of ketones is 1. The molecule has 0 saturated heterocycles. The largest absolute Gasteiger partial charge is 0.295 e. The van der Waals surface area contributed by atoms with Crippen LogP contribution in [-0.4, -0.2) is 5.78 Å². The summed E-state index contributed by atoms with van der Waals surface area (Å²) in [5.74, 6) is -0.413. The highest BCUT2D eigenvalue weighted by Gasteiger charge is 2.15. The Balaban J connectivity index is 2.64. The van der Waals surface area contributed by atoms with E-state index in [1.165, 1.54) is 24.3 Å². The van der Waals surface area contributed by atoms with Crippen LogP contribution >= 0.6 is 0 Å². The van der Waals surface area contributed by atoms with Crippen LogP contribution in [-0.2, 0) is 11.2 Å². The zero-order valence-corrected chi connectivity index (χ0v) is 7.96. The Labute approximate surface area is 86.6 Å². The first kappa shape index (κ1) is 9.60. The summed E-state index contributed by atoms with van der Waals surface area (Å²) >= 11 is 0. The van der Waals surface area contributed by atoms with Gasteiger partial charge in [0.2, 0.25) is 0 Å². The van der Waals surface area contributed by atoms with Crippen molar-refractivity contribution in [3.8, 4) is 6.07 Å². The number of rotatable bonds is 0. The summed E-state index contributed by atoms with van der Waals surface area (Å²) in [6.45, 7) is 0. The molecule has 15 heavy (non-hydrogen) atoms. The van der Waals surface area contributed by atoms with Crippen molar-refractivity contribution in [1.29, 1.82) is 5.26 Å². The molecule has 0 fully saturated rings. The first-order valence-corrected chi connectivity index (χ1v) is 4.65. The monoisotopic (exact) mass is 201 g/mol. The average Bonchev–Trinajstić information content (AvgIpc) is 2.43. The number of nitrogens with zero attached hydrogens (tertiary/aromatic N) is 1. The standard InChI is InChI=1S/C12H8FNO/c13-12-6-1-8(7-14)10-4-2-9(15)3-5-11(10)12/h1,3,5-6H,2,4H2. The quantitative estimate of drug-likeness (QED) is 0.645. The summed E-state index contributed by atoms with van der Waals surface area (Å²) in [7, 11) is 0. The Morgan fingerprint density at radius 3 is 2.80 bits per heavy atom. The van der Waals surface area contributed by atoms with Gasteiger partial charge in [0.05, 0.1) is 11.6 Å². The highest BCUT2D eigenvalue weighted by atomic mass is 19.1. The number of nitriles is 1. The normalized spacial score (nSPS) is 14.3. The van der Waals surface area contributed by atoms with Crippen LogP contribution in [0.3, 0.4) is 0 Å². The highest BCUT2D eigenvalue weighted by Crippen LogP contribution is 2.23. The van der Waals surface area contributed by atoms with Crippen LogP contribution in [0.15, 0.2) is 18.2 Å². The molecule has 0 aromatic heterocycles. The molecular formula is C12H8FNO. The Hall–Kier alpha value is -1.95. The predicted molar refractivity (Wildman–Crippen MR) is 53.5 cm³/mol. The van der Waals surface area contributed by atoms with Crippen molar-refractivity contribution in [2.45, 2.75) is 12.8 Å². The third-order valence-corrected chi connectivity index (χ3v) is 2.48. The van der Waals surface area contributed by atoms with E-state index < -0.39 is 0 Å². The zero-order chi connectivity index (χ0) is 10.8. The average molecular weight is 201 g/mol. The molecule has 74 valence electrons. The number of benzene rings is 1. The molecule has 2 rings (SSSR count). The number of fused-ring (bicyclic) bond motifs is 1. The molecule has 1 aliphatic carbocycles. The van der Waals surface area contributed by atoms with E-state index in [9.17, 15) is 9.18 Å². The van der Waals surface area contributed by atoms with E-state index in [4.69, 9.17) is 5.26 Å². The van der Waals surface area contributed by atoms with Crippen molar-refractivity contribution in [3.05, 3.63) is 40.7 Å². The van der Waals surface area contributed by atoms with Crippen molar-refractivity contribution in [3.63, 3.8) is 0 Å². The Bertz CT molecular complexity index is 497. The van der Waals surface area contributed by atoms with Gasteiger partial charge in [0.15, 0.2) is 5.78 Å². The van der Waals surface area contributed by atoms with Crippen molar-refractivity contribution >= 4 is 11.9 Å². The summed E-state index contributed by atoms with van der Waals surface area (Å²) in [4.78, 5) is 11.2. The minimum atomic E-state index is -0.380. The molecule has 0 N–H and O–H groups in total. The van der Waals surface area contributed by atoms with Crippen molar-refractivity contribution in [2.75, 3.05) is 0 Å². The molecule has 0 heterocycles. The van der Waals surface area contributed by atoms with Gasteiger partial charge in [-0.05, 0) is 36.3 Å². The van der Waals surface area contributed by atoms with Gasteiger partial charge in [0, 0.05) is 12.0 Å². The topological polar surface area (TPSA) is 40.9 Å². The fraction of sp³-hybridized carbons (Fsp3) is 0.167. The first-order valence-electron chi connectivity index (χ1n) is 4.65. The van der Waals surface area contributed by atoms with E-state index in [-0.39, 0.29) is 11.6 Å². The lowest BCUT2D eigenvalue weighted by Gasteiger charge is -2.06. The lowest BCUT2D eigenvalue weighted by molar-refractivity contribution is -0.114. The summed E-state index contributed by atoms with van der Waals surface area (Å²) in [5.41, 5.74) is 1.46. The lowest BCUT2D eigenvalue weighted by Crippen LogP contribution is -1.98. The van der Waals surface area contributed by atoms with E-state index in [0.717, 1.165) is 0 Å². The molecular weight excluding hydrogens is 193 g/mol. The van der Waals surface area contributed by atoms with E-state index in [1.807, 2.05) is 6.07 Å². The zero-order valence-electron chi connectivity index (χ0n) is 7.96. The lowest BCUT2D eigenvalue weighted by atomic mass is 9.98. The molecule has 0 amide bonds. The van der Waals surface area contributed by atoms with Crippen LogP contribution in [0.4, 0.5) is 4.39 Å². The molecule has 3 heteroatoms. The molecule has 1 aliphatic rings. The van der Waals surface area contributed by atoms with Gasteiger partial charge in [-0.25, -0.2) is 4.39 Å². The highest BCUT2D eigenvalue weighted by molar-refractivity contribution is 5.95. The van der Waals surface area contributed by atoms with Crippen LogP contribution in [0.2, 0.25) is 0 Å². The molecule has 0 atom stereocenters. The third-order valence-electron chi connectivity index (χ3n) is 2.48. The number of hydrogen-bond acceptors (Lipinski definition) is 2. The smallest absolute Gasteiger partial charge is 0.156 e. The van der Waals surface area contributed by atoms with Crippen molar-refractivity contribution < 1.29 is 9.18 Å². The molecule has 2 nitrogen and oxygen atoms in total. The van der Waals surface area contributed by atoms with Crippen molar-refractivity contribution in [1.82, 2.24) is 0 Å². The molecule has 0 radical (unpaired) electrons. The van der Waals surface area contributed by atoms with Crippen LogP contribution in [0.5, 0.6) is 0 Å². The fourth-order valence-electron chi connectivity index (χ4n) is 1.70. The number of carbonyl (C=O) groups excluding carboxylic acids is 1. The molecule has 0 aliphatic heterocycles. The number of hydrogen-bond donors (Lipinski definition) is 0. The maximum absolute atomic E-state index is 13.4. The molecule has 1 aromatic rings. The van der Waals surface area contributed by atoms with Gasteiger partial charge in [-0.15, -0.1) is 0 Å². The second kappa shape index (κ2) is 3.66. The maximum Gasteiger partial charge on any atom is 0.156 e. The number of halogens is 1. The number of allylic oxidation sites excluding steroid dienone is 1. The van der Waals surface area contributed by atoms with Gasteiger partial charge in [0.1, 0.15) is 5.82 Å². The SMILES string of the molecule is N#Cc1ccc(F)c2c1CCC(=O)C=C2. The second-order valence-electron chi connectivity index (χ2n) is 3.40. The Morgan fingerprint density at radius 2 is 2.07 bits per heavy atom. The molecule has 0 bridgehead atoms.